The average Bonchev–Trinajstić information content (AvgIpc) is 3.22. The molecular weight excluding hydrogens is 424 g/mol. The molecule has 0 spiro atoms. The summed E-state index contributed by atoms with van der Waals surface area (Å²) < 4.78 is 26.3. The van der Waals surface area contributed by atoms with Crippen LogP contribution in [0.25, 0.3) is 17.4 Å². The Bertz CT molecular complexity index is 1020. The third-order valence-electron chi connectivity index (χ3n) is 3.90. The van der Waals surface area contributed by atoms with E-state index in [9.17, 15) is 19.1 Å². The van der Waals surface area contributed by atoms with E-state index in [0.29, 0.717) is 26.3 Å². The Kier molecular flexibility index (Phi) is 6.08. The van der Waals surface area contributed by atoms with Crippen molar-refractivity contribution in [2.24, 2.45) is 0 Å². The maximum absolute atomic E-state index is 12.5. The third kappa shape index (κ3) is 4.38. The van der Waals surface area contributed by atoms with E-state index >= 15 is 0 Å². The van der Waals surface area contributed by atoms with E-state index in [1.807, 2.05) is 0 Å². The van der Waals surface area contributed by atoms with Crippen LogP contribution in [-0.4, -0.2) is 40.6 Å². The van der Waals surface area contributed by atoms with E-state index in [4.69, 9.17) is 21.2 Å². The van der Waals surface area contributed by atoms with Gasteiger partial charge in [0.2, 0.25) is 0 Å². The lowest BCUT2D eigenvalue weighted by Gasteiger charge is -2.17. The molecule has 1 aromatic heterocycles. The summed E-state index contributed by atoms with van der Waals surface area (Å²) in [5.41, 5.74) is 0.493. The number of hydrogen-bond donors (Lipinski definition) is 1. The second-order valence-electron chi connectivity index (χ2n) is 5.89. The van der Waals surface area contributed by atoms with Crippen molar-refractivity contribution < 1.29 is 22.9 Å². The maximum Gasteiger partial charge on any atom is 0.270 e. The fourth-order valence-electron chi connectivity index (χ4n) is 2.47. The normalized spacial score (nSPS) is 17.9. The van der Waals surface area contributed by atoms with Crippen LogP contribution in [0.1, 0.15) is 12.7 Å². The highest BCUT2D eigenvalue weighted by molar-refractivity contribution is 8.26. The number of thiocarbonyl (C=S) groups is 1. The van der Waals surface area contributed by atoms with Gasteiger partial charge in [-0.2, -0.15) is 0 Å². The van der Waals surface area contributed by atoms with E-state index in [1.54, 1.807) is 31.2 Å². The zero-order valence-corrected chi connectivity index (χ0v) is 16.9. The molecule has 8 nitrogen and oxygen atoms in total. The van der Waals surface area contributed by atoms with E-state index < -0.39 is 21.3 Å². The molecule has 1 aliphatic rings. The zero-order valence-electron chi connectivity index (χ0n) is 14.4. The topological polar surface area (TPSA) is 114 Å². The maximum atomic E-state index is 12.5. The molecule has 2 atom stereocenters. The van der Waals surface area contributed by atoms with Crippen molar-refractivity contribution in [1.82, 2.24) is 4.90 Å². The number of furan rings is 1. The fourth-order valence-corrected chi connectivity index (χ4v) is 4.00. The van der Waals surface area contributed by atoms with Crippen molar-refractivity contribution in [2.75, 3.05) is 6.54 Å². The lowest BCUT2D eigenvalue weighted by molar-refractivity contribution is -0.384. The van der Waals surface area contributed by atoms with E-state index in [0.717, 1.165) is 11.8 Å². The Morgan fingerprint density at radius 3 is 2.86 bits per heavy atom. The summed E-state index contributed by atoms with van der Waals surface area (Å²) >= 11 is 4.21. The van der Waals surface area contributed by atoms with Crippen LogP contribution in [0.2, 0.25) is 0 Å². The third-order valence-corrected chi connectivity index (χ3v) is 6.11. The SMILES string of the molecule is CC(CN1C(=O)C(=Cc2ccc(-c3cccc([N+](=O)[O-])c3)o2)SC1=S)S(=O)O. The number of nitro groups is 1. The Hall–Kier alpha value is -2.34. The van der Waals surface area contributed by atoms with Gasteiger partial charge in [-0.15, -0.1) is 0 Å². The van der Waals surface area contributed by atoms with Crippen LogP contribution in [0.3, 0.4) is 0 Å². The predicted molar refractivity (Wildman–Crippen MR) is 111 cm³/mol. The number of carbonyl (C=O) groups excluding carboxylic acids is 1. The summed E-state index contributed by atoms with van der Waals surface area (Å²) in [6, 6.07) is 9.34. The molecule has 1 aliphatic heterocycles. The first kappa shape index (κ1) is 20.4. The second-order valence-corrected chi connectivity index (χ2v) is 8.92. The first-order valence-electron chi connectivity index (χ1n) is 7.96. The summed E-state index contributed by atoms with van der Waals surface area (Å²) in [5, 5.41) is 10.3. The number of nitrogens with zero attached hydrogens (tertiary/aromatic N) is 2. The predicted octanol–water partition coefficient (Wildman–Crippen LogP) is 3.67. The highest BCUT2D eigenvalue weighted by atomic mass is 32.2. The van der Waals surface area contributed by atoms with Gasteiger partial charge in [0.15, 0.2) is 11.1 Å². The van der Waals surface area contributed by atoms with Crippen LogP contribution in [-0.2, 0) is 15.9 Å². The highest BCUT2D eigenvalue weighted by Crippen LogP contribution is 2.34. The summed E-state index contributed by atoms with van der Waals surface area (Å²) in [4.78, 5) is 24.6. The Labute approximate surface area is 172 Å². The van der Waals surface area contributed by atoms with E-state index in [2.05, 4.69) is 0 Å². The van der Waals surface area contributed by atoms with E-state index in [1.165, 1.54) is 23.1 Å². The van der Waals surface area contributed by atoms with Crippen LogP contribution < -0.4 is 0 Å². The lowest BCUT2D eigenvalue weighted by Crippen LogP contribution is -2.36. The summed E-state index contributed by atoms with van der Waals surface area (Å²) in [6.07, 6.45) is 1.53. The molecule has 11 heteroatoms. The van der Waals surface area contributed by atoms with Gasteiger partial charge >= 0.3 is 0 Å². The van der Waals surface area contributed by atoms with Gasteiger partial charge in [0.05, 0.1) is 15.1 Å². The molecule has 0 bridgehead atoms. The van der Waals surface area contributed by atoms with Crippen molar-refractivity contribution in [2.45, 2.75) is 12.2 Å². The molecular formula is C17H14N2O6S3. The summed E-state index contributed by atoms with van der Waals surface area (Å²) in [7, 11) is 0. The van der Waals surface area contributed by atoms with Crippen LogP contribution in [0.15, 0.2) is 45.7 Å². The molecule has 0 radical (unpaired) electrons. The molecule has 2 unspecified atom stereocenters. The minimum Gasteiger partial charge on any atom is -0.457 e. The molecule has 28 heavy (non-hydrogen) atoms. The molecule has 0 aliphatic carbocycles. The quantitative estimate of drug-likeness (QED) is 0.239. The van der Waals surface area contributed by atoms with Gasteiger partial charge in [-0.3, -0.25) is 19.8 Å². The molecule has 1 fully saturated rings. The number of thioether (sulfide) groups is 1. The van der Waals surface area contributed by atoms with E-state index in [-0.39, 0.29) is 18.1 Å². The molecule has 146 valence electrons. The van der Waals surface area contributed by atoms with Crippen molar-refractivity contribution in [1.29, 1.82) is 0 Å². The number of rotatable bonds is 6. The monoisotopic (exact) mass is 438 g/mol. The Morgan fingerprint density at radius 1 is 1.43 bits per heavy atom. The first-order valence-corrected chi connectivity index (χ1v) is 10.4. The number of carbonyl (C=O) groups is 1. The standard InChI is InChI=1S/C17H14N2O6S3/c1-10(28(23)24)9-18-16(20)15(27-17(18)26)8-13-5-6-14(25-13)11-3-2-4-12(7-11)19(21)22/h2-8,10H,9H2,1H3,(H,23,24). The van der Waals surface area contributed by atoms with Gasteiger partial charge in [0.25, 0.3) is 11.6 Å². The number of benzene rings is 1. The molecule has 1 aromatic carbocycles. The number of non-ortho nitro benzene ring substituents is 1. The fraction of sp³-hybridized carbons (Fsp3) is 0.176. The minimum atomic E-state index is -2.06. The van der Waals surface area contributed by atoms with Crippen molar-refractivity contribution in [3.05, 3.63) is 57.2 Å². The van der Waals surface area contributed by atoms with Crippen LogP contribution >= 0.6 is 24.0 Å². The number of nitro benzene ring substituents is 1. The van der Waals surface area contributed by atoms with Gasteiger partial charge in [-0.25, -0.2) is 4.21 Å². The molecule has 3 rings (SSSR count). The lowest BCUT2D eigenvalue weighted by atomic mass is 10.1. The zero-order chi connectivity index (χ0) is 20.4. The van der Waals surface area contributed by atoms with Crippen molar-refractivity contribution >= 4 is 57.1 Å². The molecule has 0 saturated carbocycles. The smallest absolute Gasteiger partial charge is 0.270 e. The molecule has 1 saturated heterocycles. The Balaban J connectivity index is 1.81. The Morgan fingerprint density at radius 2 is 2.18 bits per heavy atom. The molecule has 2 heterocycles. The van der Waals surface area contributed by atoms with Crippen LogP contribution in [0.5, 0.6) is 0 Å². The van der Waals surface area contributed by atoms with Crippen LogP contribution in [0.4, 0.5) is 5.69 Å². The number of hydrogen-bond acceptors (Lipinski definition) is 7. The minimum absolute atomic E-state index is 0.0439. The van der Waals surface area contributed by atoms with Gasteiger partial charge in [0, 0.05) is 30.3 Å². The molecule has 2 aromatic rings. The first-order chi connectivity index (χ1) is 13.3. The van der Waals surface area contributed by atoms with Crippen LogP contribution in [0, 0.1) is 10.1 Å². The highest BCUT2D eigenvalue weighted by Gasteiger charge is 2.34. The summed E-state index contributed by atoms with van der Waals surface area (Å²) in [6.45, 7) is 1.60. The van der Waals surface area contributed by atoms with Crippen molar-refractivity contribution in [3.8, 4) is 11.3 Å². The molecule has 1 amide bonds. The van der Waals surface area contributed by atoms with Gasteiger partial charge in [-0.1, -0.05) is 36.1 Å². The largest absolute Gasteiger partial charge is 0.457 e. The average molecular weight is 439 g/mol. The van der Waals surface area contributed by atoms with Gasteiger partial charge in [0.1, 0.15) is 15.8 Å². The van der Waals surface area contributed by atoms with Gasteiger partial charge in [-0.05, 0) is 19.1 Å². The van der Waals surface area contributed by atoms with Crippen molar-refractivity contribution in [3.63, 3.8) is 0 Å². The summed E-state index contributed by atoms with van der Waals surface area (Å²) in [5.74, 6) is 0.455. The number of amides is 1. The second kappa shape index (κ2) is 8.35. The van der Waals surface area contributed by atoms with Gasteiger partial charge < -0.3 is 8.97 Å². The molecule has 1 N–H and O–H groups in total.